The molecule has 2 rings (SSSR count). The predicted molar refractivity (Wildman–Crippen MR) is 85.8 cm³/mol. The Morgan fingerprint density at radius 2 is 2.04 bits per heavy atom. The fourth-order valence-electron chi connectivity index (χ4n) is 1.73. The number of nitrogens with two attached hydrogens (primary N) is 2. The molecule has 4 N–H and O–H groups in total. The van der Waals surface area contributed by atoms with Crippen LogP contribution in [0.4, 0.5) is 5.82 Å². The zero-order chi connectivity index (χ0) is 16.7. The molecule has 0 aliphatic carbocycles. The maximum absolute atomic E-state index is 5.71. The fourth-order valence-corrected chi connectivity index (χ4v) is 1.73. The van der Waals surface area contributed by atoms with Crippen LogP contribution in [0.2, 0.25) is 0 Å². The molecule has 0 fully saturated rings. The van der Waals surface area contributed by atoms with E-state index in [2.05, 4.69) is 25.1 Å². The molecular weight excluding hydrogens is 300 g/mol. The molecule has 0 spiro atoms. The third-order valence-electron chi connectivity index (χ3n) is 2.71. The van der Waals surface area contributed by atoms with Gasteiger partial charge in [-0.25, -0.2) is 4.63 Å². The minimum absolute atomic E-state index is 0.00361. The standard InChI is InChI=1S/C14H18N6O3/c1-3-21-10-6-5-9(11(7-10)22-4-2)8-17-18-13(15)12-14(16)20-23-19-12/h5-8H,3-4H2,1-2H3,(H2,15,18)(H2,16,20). The second kappa shape index (κ2) is 7.78. The molecule has 0 atom stereocenters. The minimum atomic E-state index is 0.00361. The Hall–Kier alpha value is -3.10. The highest BCUT2D eigenvalue weighted by Crippen LogP contribution is 2.24. The van der Waals surface area contributed by atoms with Crippen LogP contribution >= 0.6 is 0 Å². The van der Waals surface area contributed by atoms with Gasteiger partial charge in [0.2, 0.25) is 0 Å². The maximum Gasteiger partial charge on any atom is 0.199 e. The lowest BCUT2D eigenvalue weighted by Gasteiger charge is -2.09. The summed E-state index contributed by atoms with van der Waals surface area (Å²) in [6.45, 7) is 4.90. The van der Waals surface area contributed by atoms with Crippen LogP contribution in [0.1, 0.15) is 25.1 Å². The van der Waals surface area contributed by atoms with Gasteiger partial charge in [-0.15, -0.1) is 5.10 Å². The number of hydrogen-bond donors (Lipinski definition) is 2. The van der Waals surface area contributed by atoms with Crippen molar-refractivity contribution in [1.29, 1.82) is 0 Å². The first-order valence-corrected chi connectivity index (χ1v) is 7.00. The Morgan fingerprint density at radius 3 is 2.70 bits per heavy atom. The van der Waals surface area contributed by atoms with Gasteiger partial charge in [-0.05, 0) is 36.3 Å². The molecule has 1 heterocycles. The van der Waals surface area contributed by atoms with Crippen molar-refractivity contribution in [1.82, 2.24) is 10.3 Å². The van der Waals surface area contributed by atoms with Crippen molar-refractivity contribution in [2.24, 2.45) is 15.9 Å². The highest BCUT2D eigenvalue weighted by molar-refractivity contribution is 5.99. The first-order chi connectivity index (χ1) is 11.2. The van der Waals surface area contributed by atoms with Gasteiger partial charge in [-0.1, -0.05) is 0 Å². The zero-order valence-corrected chi connectivity index (χ0v) is 12.9. The highest BCUT2D eigenvalue weighted by atomic mass is 16.6. The molecule has 0 saturated heterocycles. The molecular formula is C14H18N6O3. The first-order valence-electron chi connectivity index (χ1n) is 7.00. The summed E-state index contributed by atoms with van der Waals surface area (Å²) in [7, 11) is 0. The van der Waals surface area contributed by atoms with E-state index in [1.165, 1.54) is 6.21 Å². The van der Waals surface area contributed by atoms with E-state index in [1.54, 1.807) is 6.07 Å². The van der Waals surface area contributed by atoms with Crippen LogP contribution in [-0.2, 0) is 0 Å². The molecule has 1 aromatic heterocycles. The average molecular weight is 318 g/mol. The number of amidine groups is 1. The van der Waals surface area contributed by atoms with E-state index >= 15 is 0 Å². The third-order valence-corrected chi connectivity index (χ3v) is 2.71. The van der Waals surface area contributed by atoms with Crippen LogP contribution in [0.15, 0.2) is 33.0 Å². The van der Waals surface area contributed by atoms with Crippen LogP contribution in [0, 0.1) is 0 Å². The second-order valence-electron chi connectivity index (χ2n) is 4.29. The number of aromatic nitrogens is 2. The third kappa shape index (κ3) is 4.19. The van der Waals surface area contributed by atoms with Crippen LogP contribution in [0.3, 0.4) is 0 Å². The summed E-state index contributed by atoms with van der Waals surface area (Å²) in [4.78, 5) is 0. The summed E-state index contributed by atoms with van der Waals surface area (Å²) in [6, 6.07) is 5.43. The first kappa shape index (κ1) is 16.3. The lowest BCUT2D eigenvalue weighted by Crippen LogP contribution is -2.15. The second-order valence-corrected chi connectivity index (χ2v) is 4.29. The van der Waals surface area contributed by atoms with Gasteiger partial charge >= 0.3 is 0 Å². The SMILES string of the molecule is CCOc1ccc(C=NN=C(N)c2nonc2N)c(OCC)c1. The van der Waals surface area contributed by atoms with E-state index in [-0.39, 0.29) is 17.3 Å². The Morgan fingerprint density at radius 1 is 1.26 bits per heavy atom. The van der Waals surface area contributed by atoms with Crippen molar-refractivity contribution < 1.29 is 14.1 Å². The molecule has 0 aliphatic heterocycles. The van der Waals surface area contributed by atoms with Crippen LogP contribution in [-0.4, -0.2) is 35.6 Å². The van der Waals surface area contributed by atoms with E-state index in [9.17, 15) is 0 Å². The molecule has 0 aliphatic rings. The van der Waals surface area contributed by atoms with E-state index in [0.29, 0.717) is 19.0 Å². The van der Waals surface area contributed by atoms with Gasteiger partial charge in [-0.2, -0.15) is 5.10 Å². The summed E-state index contributed by atoms with van der Waals surface area (Å²) in [5.74, 6) is 1.41. The Labute approximate surface area is 132 Å². The van der Waals surface area contributed by atoms with Gasteiger partial charge < -0.3 is 20.9 Å². The van der Waals surface area contributed by atoms with E-state index < -0.39 is 0 Å². The molecule has 0 amide bonds. The van der Waals surface area contributed by atoms with E-state index in [4.69, 9.17) is 20.9 Å². The molecule has 9 nitrogen and oxygen atoms in total. The molecule has 122 valence electrons. The predicted octanol–water partition coefficient (Wildman–Crippen LogP) is 1.19. The van der Waals surface area contributed by atoms with Crippen molar-refractivity contribution >= 4 is 17.9 Å². The van der Waals surface area contributed by atoms with Gasteiger partial charge in [0.1, 0.15) is 11.5 Å². The molecule has 1 aromatic carbocycles. The van der Waals surface area contributed by atoms with E-state index in [0.717, 1.165) is 11.3 Å². The number of benzene rings is 1. The highest BCUT2D eigenvalue weighted by Gasteiger charge is 2.10. The van der Waals surface area contributed by atoms with Gasteiger partial charge in [0.05, 0.1) is 19.4 Å². The number of ether oxygens (including phenoxy) is 2. The zero-order valence-electron chi connectivity index (χ0n) is 12.9. The molecule has 0 unspecified atom stereocenters. The summed E-state index contributed by atoms with van der Waals surface area (Å²) >= 11 is 0. The fraction of sp³-hybridized carbons (Fsp3) is 0.286. The maximum atomic E-state index is 5.71. The Balaban J connectivity index is 2.19. The largest absolute Gasteiger partial charge is 0.494 e. The van der Waals surface area contributed by atoms with Crippen molar-refractivity contribution in [3.63, 3.8) is 0 Å². The summed E-state index contributed by atoms with van der Waals surface area (Å²) in [5, 5.41) is 14.7. The molecule has 0 bridgehead atoms. The number of anilines is 1. The topological polar surface area (TPSA) is 134 Å². The van der Waals surface area contributed by atoms with Crippen LogP contribution < -0.4 is 20.9 Å². The Bertz CT molecular complexity index is 710. The van der Waals surface area contributed by atoms with Crippen LogP contribution in [0.25, 0.3) is 0 Å². The normalized spacial score (nSPS) is 11.8. The molecule has 23 heavy (non-hydrogen) atoms. The smallest absolute Gasteiger partial charge is 0.199 e. The van der Waals surface area contributed by atoms with Gasteiger partial charge in [0, 0.05) is 11.6 Å². The molecule has 2 aromatic rings. The molecule has 0 radical (unpaired) electrons. The van der Waals surface area contributed by atoms with Gasteiger partial charge in [-0.3, -0.25) is 0 Å². The minimum Gasteiger partial charge on any atom is -0.494 e. The number of rotatable bonds is 7. The Kier molecular flexibility index (Phi) is 5.50. The van der Waals surface area contributed by atoms with Crippen LogP contribution in [0.5, 0.6) is 11.5 Å². The molecule has 9 heteroatoms. The van der Waals surface area contributed by atoms with Gasteiger partial charge in [0.25, 0.3) is 0 Å². The summed E-state index contributed by atoms with van der Waals surface area (Å²) < 4.78 is 15.5. The van der Waals surface area contributed by atoms with E-state index in [1.807, 2.05) is 26.0 Å². The van der Waals surface area contributed by atoms with Gasteiger partial charge in [0.15, 0.2) is 17.3 Å². The lowest BCUT2D eigenvalue weighted by atomic mass is 10.2. The van der Waals surface area contributed by atoms with Crippen molar-refractivity contribution in [2.45, 2.75) is 13.8 Å². The number of nitrogens with zero attached hydrogens (tertiary/aromatic N) is 4. The monoisotopic (exact) mass is 318 g/mol. The number of hydrogen-bond acceptors (Lipinski definition) is 8. The summed E-state index contributed by atoms with van der Waals surface area (Å²) in [5.41, 5.74) is 12.1. The van der Waals surface area contributed by atoms with Crippen molar-refractivity contribution in [3.05, 3.63) is 29.5 Å². The summed E-state index contributed by atoms with van der Waals surface area (Å²) in [6.07, 6.45) is 1.51. The average Bonchev–Trinajstić information content (AvgIpc) is 2.96. The lowest BCUT2D eigenvalue weighted by molar-refractivity contribution is 0.308. The quantitative estimate of drug-likeness (QED) is 0.444. The van der Waals surface area contributed by atoms with Crippen molar-refractivity contribution in [3.8, 4) is 11.5 Å². The molecule has 0 saturated carbocycles. The number of nitrogen functional groups attached to an aromatic ring is 1. The van der Waals surface area contributed by atoms with Crippen molar-refractivity contribution in [2.75, 3.05) is 18.9 Å².